The molecule has 0 atom stereocenters. The summed E-state index contributed by atoms with van der Waals surface area (Å²) in [4.78, 5) is 3.67. The van der Waals surface area contributed by atoms with Crippen LogP contribution in [0.5, 0.6) is 11.5 Å². The van der Waals surface area contributed by atoms with Gasteiger partial charge < -0.3 is 9.84 Å². The highest BCUT2D eigenvalue weighted by Crippen LogP contribution is 2.18. The fourth-order valence-corrected chi connectivity index (χ4v) is 1.94. The summed E-state index contributed by atoms with van der Waals surface area (Å²) in [5.41, 5.74) is 0.891. The van der Waals surface area contributed by atoms with E-state index in [2.05, 4.69) is 4.99 Å². The van der Waals surface area contributed by atoms with Gasteiger partial charge in [0.05, 0.1) is 0 Å². The third kappa shape index (κ3) is 2.22. The van der Waals surface area contributed by atoms with Crippen LogP contribution in [0.4, 0.5) is 0 Å². The molecule has 0 spiro atoms. The zero-order valence-corrected chi connectivity index (χ0v) is 9.02. The summed E-state index contributed by atoms with van der Waals surface area (Å²) in [7, 11) is -3.37. The number of phenols is 1. The van der Waals surface area contributed by atoms with Gasteiger partial charge in [0.1, 0.15) is 28.6 Å². The molecule has 0 aliphatic carbocycles. The molecule has 0 saturated carbocycles. The fraction of sp³-hybridized carbons (Fsp3) is 0.100. The lowest BCUT2D eigenvalue weighted by atomic mass is 10.3. The van der Waals surface area contributed by atoms with E-state index >= 15 is 0 Å². The summed E-state index contributed by atoms with van der Waals surface area (Å²) in [6, 6.07) is 6.03. The molecule has 6 heteroatoms. The number of nitrogens with zero attached hydrogens (tertiary/aromatic N) is 1. The second kappa shape index (κ2) is 3.97. The van der Waals surface area contributed by atoms with E-state index in [1.54, 1.807) is 12.1 Å². The smallest absolute Gasteiger partial charge is 0.217 e. The van der Waals surface area contributed by atoms with Crippen molar-refractivity contribution in [3.8, 4) is 11.5 Å². The molecule has 0 saturated heterocycles. The van der Waals surface area contributed by atoms with Crippen molar-refractivity contribution >= 4 is 15.4 Å². The van der Waals surface area contributed by atoms with Gasteiger partial charge in [0.2, 0.25) is 9.84 Å². The molecule has 0 fully saturated rings. The quantitative estimate of drug-likeness (QED) is 0.856. The van der Waals surface area contributed by atoms with Gasteiger partial charge in [0, 0.05) is 6.20 Å². The summed E-state index contributed by atoms with van der Waals surface area (Å²) in [5.74, 6) is 0.615. The van der Waals surface area contributed by atoms with Crippen LogP contribution in [0.2, 0.25) is 0 Å². The number of ether oxygens (including phenoxy) is 1. The van der Waals surface area contributed by atoms with Crippen LogP contribution in [0.3, 0.4) is 0 Å². The minimum Gasteiger partial charge on any atom is -0.508 e. The van der Waals surface area contributed by atoms with E-state index in [9.17, 15) is 8.42 Å². The third-order valence-electron chi connectivity index (χ3n) is 2.00. The van der Waals surface area contributed by atoms with E-state index in [1.165, 1.54) is 18.3 Å². The lowest BCUT2D eigenvalue weighted by molar-refractivity contribution is 0.357. The first-order chi connectivity index (χ1) is 7.58. The minimum absolute atomic E-state index is 0.0624. The molecule has 5 nitrogen and oxygen atoms in total. The SMILES string of the molecule is O=S1(=O)C=NC=C1COc1ccc(O)cc1. The number of phenolic OH excluding ortho intramolecular Hbond substituents is 1. The van der Waals surface area contributed by atoms with Gasteiger partial charge in [0.15, 0.2) is 0 Å². The lowest BCUT2D eigenvalue weighted by Gasteiger charge is -2.05. The third-order valence-corrected chi connectivity index (χ3v) is 3.35. The molecule has 1 N–H and O–H groups in total. The monoisotopic (exact) mass is 239 g/mol. The second-order valence-corrected chi connectivity index (χ2v) is 5.00. The Labute approximate surface area is 92.6 Å². The van der Waals surface area contributed by atoms with E-state index in [0.29, 0.717) is 5.75 Å². The van der Waals surface area contributed by atoms with E-state index in [0.717, 1.165) is 5.55 Å². The van der Waals surface area contributed by atoms with Gasteiger partial charge in [-0.05, 0) is 24.3 Å². The normalized spacial score (nSPS) is 17.1. The van der Waals surface area contributed by atoms with Crippen molar-refractivity contribution in [1.29, 1.82) is 0 Å². The van der Waals surface area contributed by atoms with Crippen LogP contribution < -0.4 is 4.74 Å². The Morgan fingerprint density at radius 1 is 1.25 bits per heavy atom. The molecule has 1 aliphatic rings. The first-order valence-electron chi connectivity index (χ1n) is 4.47. The van der Waals surface area contributed by atoms with E-state index < -0.39 is 9.84 Å². The molecule has 0 radical (unpaired) electrons. The summed E-state index contributed by atoms with van der Waals surface area (Å²) in [6.45, 7) is -0.0624. The maximum absolute atomic E-state index is 11.3. The standard InChI is InChI=1S/C10H9NO4S/c12-8-1-3-9(4-2-8)15-6-10-5-11-7-16(10,13)14/h1-5,7,12H,6H2. The Balaban J connectivity index is 2.02. The van der Waals surface area contributed by atoms with Gasteiger partial charge in [-0.15, -0.1) is 0 Å². The van der Waals surface area contributed by atoms with Crippen LogP contribution in [-0.4, -0.2) is 25.7 Å². The minimum atomic E-state index is -3.37. The average Bonchev–Trinajstić information content (AvgIpc) is 2.57. The molecule has 84 valence electrons. The average molecular weight is 239 g/mol. The largest absolute Gasteiger partial charge is 0.508 e. The maximum atomic E-state index is 11.3. The number of sulfone groups is 1. The van der Waals surface area contributed by atoms with Gasteiger partial charge in [0.25, 0.3) is 0 Å². The molecule has 1 heterocycles. The van der Waals surface area contributed by atoms with E-state index in [1.807, 2.05) is 0 Å². The number of hydrogen-bond donors (Lipinski definition) is 1. The first kappa shape index (κ1) is 10.7. The number of rotatable bonds is 3. The lowest BCUT2D eigenvalue weighted by Crippen LogP contribution is -2.09. The van der Waals surface area contributed by atoms with Crippen molar-refractivity contribution in [1.82, 2.24) is 0 Å². The molecule has 0 aromatic heterocycles. The van der Waals surface area contributed by atoms with Gasteiger partial charge >= 0.3 is 0 Å². The Kier molecular flexibility index (Phi) is 2.66. The summed E-state index contributed by atoms with van der Waals surface area (Å²) < 4.78 is 27.8. The highest BCUT2D eigenvalue weighted by Gasteiger charge is 2.19. The van der Waals surface area contributed by atoms with Crippen molar-refractivity contribution in [3.05, 3.63) is 35.4 Å². The Morgan fingerprint density at radius 2 is 1.94 bits per heavy atom. The zero-order valence-electron chi connectivity index (χ0n) is 8.20. The summed E-state index contributed by atoms with van der Waals surface area (Å²) >= 11 is 0. The molecule has 1 aromatic carbocycles. The van der Waals surface area contributed by atoms with Crippen molar-refractivity contribution in [2.75, 3.05) is 6.61 Å². The Morgan fingerprint density at radius 3 is 2.50 bits per heavy atom. The van der Waals surface area contributed by atoms with Crippen LogP contribution >= 0.6 is 0 Å². The molecule has 2 rings (SSSR count). The molecule has 0 unspecified atom stereocenters. The summed E-state index contributed by atoms with van der Waals surface area (Å²) in [6.07, 6.45) is 1.26. The van der Waals surface area contributed by atoms with Crippen molar-refractivity contribution < 1.29 is 18.3 Å². The van der Waals surface area contributed by atoms with Gasteiger partial charge in [-0.25, -0.2) is 8.42 Å². The van der Waals surface area contributed by atoms with Crippen LogP contribution in [0.25, 0.3) is 0 Å². The van der Waals surface area contributed by atoms with Crippen LogP contribution in [-0.2, 0) is 9.84 Å². The first-order valence-corrected chi connectivity index (χ1v) is 6.02. The summed E-state index contributed by atoms with van der Waals surface area (Å²) in [5, 5.41) is 9.04. The van der Waals surface area contributed by atoms with E-state index in [-0.39, 0.29) is 17.3 Å². The molecule has 1 aromatic rings. The highest BCUT2D eigenvalue weighted by atomic mass is 32.2. The molecule has 0 bridgehead atoms. The van der Waals surface area contributed by atoms with Gasteiger partial charge in [-0.2, -0.15) is 0 Å². The van der Waals surface area contributed by atoms with Gasteiger partial charge in [-0.1, -0.05) is 0 Å². The van der Waals surface area contributed by atoms with E-state index in [4.69, 9.17) is 9.84 Å². The molecular formula is C10H9NO4S. The Bertz CT molecular complexity index is 543. The van der Waals surface area contributed by atoms with Crippen molar-refractivity contribution in [3.63, 3.8) is 0 Å². The maximum Gasteiger partial charge on any atom is 0.217 e. The Hall–Kier alpha value is -1.82. The number of aromatic hydroxyl groups is 1. The number of aliphatic imine (C=N–C) groups is 1. The van der Waals surface area contributed by atoms with Crippen LogP contribution in [0.1, 0.15) is 0 Å². The van der Waals surface area contributed by atoms with Gasteiger partial charge in [-0.3, -0.25) is 4.99 Å². The fourth-order valence-electron chi connectivity index (χ4n) is 1.15. The topological polar surface area (TPSA) is 76.0 Å². The number of hydrogen-bond acceptors (Lipinski definition) is 5. The predicted octanol–water partition coefficient (Wildman–Crippen LogP) is 1.07. The molecule has 1 aliphatic heterocycles. The zero-order chi connectivity index (χ0) is 11.6. The van der Waals surface area contributed by atoms with Crippen LogP contribution in [0.15, 0.2) is 40.4 Å². The molecule has 16 heavy (non-hydrogen) atoms. The van der Waals surface area contributed by atoms with Crippen molar-refractivity contribution in [2.45, 2.75) is 0 Å². The van der Waals surface area contributed by atoms with Crippen LogP contribution in [0, 0.1) is 0 Å². The molecule has 0 amide bonds. The highest BCUT2D eigenvalue weighted by molar-refractivity contribution is 8.08. The predicted molar refractivity (Wildman–Crippen MR) is 59.1 cm³/mol. The molecular weight excluding hydrogens is 230 g/mol. The second-order valence-electron chi connectivity index (χ2n) is 3.18. The number of benzene rings is 1. The van der Waals surface area contributed by atoms with Crippen molar-refractivity contribution in [2.24, 2.45) is 4.99 Å².